The average Bonchev–Trinajstić information content (AvgIpc) is 3.00. The highest BCUT2D eigenvalue weighted by atomic mass is 32.2. The van der Waals surface area contributed by atoms with E-state index in [1.165, 1.54) is 22.2 Å². The number of nitrogens with zero attached hydrogens (tertiary/aromatic N) is 1. The number of thiocarbonyl (C=S) groups is 1. The van der Waals surface area contributed by atoms with Gasteiger partial charge in [0.1, 0.15) is 23.3 Å². The first-order valence-corrected chi connectivity index (χ1v) is 11.0. The summed E-state index contributed by atoms with van der Waals surface area (Å²) in [5.74, 6) is 1.94. The van der Waals surface area contributed by atoms with Gasteiger partial charge in [0.2, 0.25) is 0 Å². The van der Waals surface area contributed by atoms with E-state index >= 15 is 0 Å². The molecule has 3 rings (SSSR count). The van der Waals surface area contributed by atoms with Crippen LogP contribution in [-0.4, -0.2) is 42.0 Å². The van der Waals surface area contributed by atoms with E-state index in [-0.39, 0.29) is 5.91 Å². The molecule has 1 heterocycles. The van der Waals surface area contributed by atoms with Crippen LogP contribution in [0.25, 0.3) is 6.08 Å². The first-order valence-electron chi connectivity index (χ1n) is 9.80. The maximum Gasteiger partial charge on any atom is 0.266 e. The number of hydrogen-bond donors (Lipinski definition) is 0. The predicted molar refractivity (Wildman–Crippen MR) is 130 cm³/mol. The smallest absolute Gasteiger partial charge is 0.266 e. The van der Waals surface area contributed by atoms with Gasteiger partial charge in [-0.05, 0) is 49.2 Å². The molecule has 0 unspecified atom stereocenters. The van der Waals surface area contributed by atoms with Crippen LogP contribution in [0.1, 0.15) is 16.7 Å². The van der Waals surface area contributed by atoms with Gasteiger partial charge >= 0.3 is 0 Å². The topological polar surface area (TPSA) is 48.0 Å². The van der Waals surface area contributed by atoms with Gasteiger partial charge < -0.3 is 14.2 Å². The van der Waals surface area contributed by atoms with Gasteiger partial charge in [0.15, 0.2) is 11.5 Å². The lowest BCUT2D eigenvalue weighted by Crippen LogP contribution is -2.27. The molecule has 0 aromatic heterocycles. The molecule has 0 spiro atoms. The van der Waals surface area contributed by atoms with Crippen LogP contribution >= 0.6 is 24.0 Å². The number of amides is 1. The molecule has 1 fully saturated rings. The number of carbonyl (C=O) groups excluding carboxylic acids is 1. The zero-order chi connectivity index (χ0) is 22.4. The molecule has 1 amide bonds. The summed E-state index contributed by atoms with van der Waals surface area (Å²) in [4.78, 5) is 14.6. The molecule has 0 aliphatic carbocycles. The van der Waals surface area contributed by atoms with Crippen LogP contribution in [0.3, 0.4) is 0 Å². The molecule has 7 heteroatoms. The van der Waals surface area contributed by atoms with Crippen LogP contribution in [0.2, 0.25) is 0 Å². The SMILES string of the molecule is C=CCN1C(=O)C(=Cc2ccc(OCCOc3ccc(C)cc3C)c(OC)c2)SC1=S. The summed E-state index contributed by atoms with van der Waals surface area (Å²) in [6.45, 7) is 8.95. The normalized spacial score (nSPS) is 14.8. The Labute approximate surface area is 192 Å². The Bertz CT molecular complexity index is 1030. The second kappa shape index (κ2) is 10.5. The van der Waals surface area contributed by atoms with Gasteiger partial charge in [-0.3, -0.25) is 9.69 Å². The van der Waals surface area contributed by atoms with Crippen LogP contribution in [0, 0.1) is 13.8 Å². The van der Waals surface area contributed by atoms with E-state index in [1.807, 2.05) is 37.3 Å². The fraction of sp³-hybridized carbons (Fsp3) is 0.250. The van der Waals surface area contributed by atoms with Crippen molar-refractivity contribution in [2.75, 3.05) is 26.9 Å². The molecule has 0 bridgehead atoms. The Balaban J connectivity index is 1.63. The molecule has 2 aromatic carbocycles. The third-order valence-electron chi connectivity index (χ3n) is 4.60. The average molecular weight is 456 g/mol. The van der Waals surface area contributed by atoms with Crippen LogP contribution in [0.4, 0.5) is 0 Å². The number of rotatable bonds is 9. The molecular formula is C24H25NO4S2. The summed E-state index contributed by atoms with van der Waals surface area (Å²) in [5.41, 5.74) is 3.13. The van der Waals surface area contributed by atoms with E-state index < -0.39 is 0 Å². The highest BCUT2D eigenvalue weighted by molar-refractivity contribution is 8.26. The van der Waals surface area contributed by atoms with Crippen LogP contribution in [0.5, 0.6) is 17.2 Å². The highest BCUT2D eigenvalue weighted by Crippen LogP contribution is 2.34. The third kappa shape index (κ3) is 5.68. The monoisotopic (exact) mass is 455 g/mol. The number of hydrogen-bond acceptors (Lipinski definition) is 6. The zero-order valence-electron chi connectivity index (χ0n) is 17.8. The van der Waals surface area contributed by atoms with Crippen molar-refractivity contribution in [2.24, 2.45) is 0 Å². The van der Waals surface area contributed by atoms with Gasteiger partial charge in [-0.1, -0.05) is 53.8 Å². The predicted octanol–water partition coefficient (Wildman–Crippen LogP) is 5.16. The first-order chi connectivity index (χ1) is 14.9. The minimum atomic E-state index is -0.113. The molecule has 0 saturated carbocycles. The van der Waals surface area contributed by atoms with Gasteiger partial charge in [0, 0.05) is 6.54 Å². The van der Waals surface area contributed by atoms with E-state index in [0.29, 0.717) is 40.5 Å². The lowest BCUT2D eigenvalue weighted by atomic mass is 10.1. The number of thioether (sulfide) groups is 1. The fourth-order valence-corrected chi connectivity index (χ4v) is 4.37. The van der Waals surface area contributed by atoms with Crippen molar-refractivity contribution >= 4 is 40.3 Å². The van der Waals surface area contributed by atoms with E-state index in [0.717, 1.165) is 16.9 Å². The molecule has 1 aliphatic rings. The van der Waals surface area contributed by atoms with Crippen LogP contribution in [0.15, 0.2) is 54.0 Å². The van der Waals surface area contributed by atoms with Crippen molar-refractivity contribution in [2.45, 2.75) is 13.8 Å². The molecule has 162 valence electrons. The molecule has 5 nitrogen and oxygen atoms in total. The molecule has 0 atom stereocenters. The molecule has 0 N–H and O–H groups in total. The Kier molecular flexibility index (Phi) is 7.76. The number of methoxy groups -OCH3 is 1. The van der Waals surface area contributed by atoms with Crippen molar-refractivity contribution in [3.8, 4) is 17.2 Å². The quantitative estimate of drug-likeness (QED) is 0.225. The zero-order valence-corrected chi connectivity index (χ0v) is 19.5. The van der Waals surface area contributed by atoms with E-state index in [9.17, 15) is 4.79 Å². The van der Waals surface area contributed by atoms with Crippen molar-refractivity contribution in [1.82, 2.24) is 4.90 Å². The van der Waals surface area contributed by atoms with Crippen LogP contribution in [-0.2, 0) is 4.79 Å². The lowest BCUT2D eigenvalue weighted by Gasteiger charge is -2.13. The van der Waals surface area contributed by atoms with Gasteiger partial charge in [0.25, 0.3) is 5.91 Å². The molecule has 1 aliphatic heterocycles. The summed E-state index contributed by atoms with van der Waals surface area (Å²) in [6.07, 6.45) is 3.46. The largest absolute Gasteiger partial charge is 0.493 e. The number of ether oxygens (including phenoxy) is 3. The van der Waals surface area contributed by atoms with Gasteiger partial charge in [0.05, 0.1) is 12.0 Å². The van der Waals surface area contributed by atoms with Crippen LogP contribution < -0.4 is 14.2 Å². The van der Waals surface area contributed by atoms with Crippen molar-refractivity contribution < 1.29 is 19.0 Å². The Morgan fingerprint density at radius 3 is 2.45 bits per heavy atom. The highest BCUT2D eigenvalue weighted by Gasteiger charge is 2.31. The maximum atomic E-state index is 12.5. The summed E-state index contributed by atoms with van der Waals surface area (Å²) in [5, 5.41) is 0. The Morgan fingerprint density at radius 1 is 1.06 bits per heavy atom. The van der Waals surface area contributed by atoms with Crippen molar-refractivity contribution in [3.63, 3.8) is 0 Å². The van der Waals surface area contributed by atoms with Crippen molar-refractivity contribution in [3.05, 3.63) is 70.6 Å². The van der Waals surface area contributed by atoms with Gasteiger partial charge in [-0.15, -0.1) is 6.58 Å². The second-order valence-corrected chi connectivity index (χ2v) is 8.63. The fourth-order valence-electron chi connectivity index (χ4n) is 3.10. The molecule has 0 radical (unpaired) electrons. The van der Waals surface area contributed by atoms with Gasteiger partial charge in [-0.25, -0.2) is 0 Å². The van der Waals surface area contributed by atoms with Crippen molar-refractivity contribution in [1.29, 1.82) is 0 Å². The standard InChI is InChI=1S/C24H25NO4S2/c1-5-10-25-23(26)22(31-24(25)30)15-18-7-9-20(21(14-18)27-4)29-12-11-28-19-8-6-16(2)13-17(19)3/h5-9,13-15H,1,10-12H2,2-4H3. The first kappa shape index (κ1) is 22.9. The summed E-state index contributed by atoms with van der Waals surface area (Å²) >= 11 is 6.56. The molecule has 31 heavy (non-hydrogen) atoms. The summed E-state index contributed by atoms with van der Waals surface area (Å²) in [6, 6.07) is 11.6. The number of aryl methyl sites for hydroxylation is 2. The van der Waals surface area contributed by atoms with E-state index in [1.54, 1.807) is 19.3 Å². The molecule has 1 saturated heterocycles. The van der Waals surface area contributed by atoms with E-state index in [2.05, 4.69) is 19.6 Å². The molecular weight excluding hydrogens is 430 g/mol. The lowest BCUT2D eigenvalue weighted by molar-refractivity contribution is -0.121. The van der Waals surface area contributed by atoms with E-state index in [4.69, 9.17) is 26.4 Å². The minimum absolute atomic E-state index is 0.113. The van der Waals surface area contributed by atoms with Gasteiger partial charge in [-0.2, -0.15) is 0 Å². The second-order valence-electron chi connectivity index (χ2n) is 6.96. The molecule has 2 aromatic rings. The number of benzene rings is 2. The minimum Gasteiger partial charge on any atom is -0.493 e. The third-order valence-corrected chi connectivity index (χ3v) is 5.98. The maximum absolute atomic E-state index is 12.5. The number of carbonyl (C=O) groups is 1. The summed E-state index contributed by atoms with van der Waals surface area (Å²) in [7, 11) is 1.59. The Morgan fingerprint density at radius 2 is 1.77 bits per heavy atom. The summed E-state index contributed by atoms with van der Waals surface area (Å²) < 4.78 is 17.7. The Hall–Kier alpha value is -2.77.